The van der Waals surface area contributed by atoms with Crippen LogP contribution < -0.4 is 10.6 Å². The highest BCUT2D eigenvalue weighted by Crippen LogP contribution is 2.14. The SMILES string of the molecule is CCNC(=NCCc1cccs1)NCCc1nc(-c2ccco2)n[nH]1.I. The normalized spacial score (nSPS) is 11.2. The summed E-state index contributed by atoms with van der Waals surface area (Å²) in [5, 5.41) is 15.8. The largest absolute Gasteiger partial charge is 0.461 e. The van der Waals surface area contributed by atoms with Crippen LogP contribution in [0.2, 0.25) is 0 Å². The van der Waals surface area contributed by atoms with Gasteiger partial charge in [-0.05, 0) is 30.5 Å². The van der Waals surface area contributed by atoms with Crippen LogP contribution in [0, 0.1) is 0 Å². The molecule has 0 radical (unpaired) electrons. The topological polar surface area (TPSA) is 91.1 Å². The van der Waals surface area contributed by atoms with Crippen LogP contribution in [-0.2, 0) is 12.8 Å². The molecule has 0 spiro atoms. The Kier molecular flexibility index (Phi) is 8.62. The van der Waals surface area contributed by atoms with E-state index in [2.05, 4.69) is 55.2 Å². The molecule has 0 amide bonds. The minimum atomic E-state index is 0. The van der Waals surface area contributed by atoms with Gasteiger partial charge < -0.3 is 15.1 Å². The lowest BCUT2D eigenvalue weighted by molar-refractivity contribution is 0.577. The average molecular weight is 486 g/mol. The molecule has 0 aromatic carbocycles. The number of aromatic nitrogens is 3. The molecule has 26 heavy (non-hydrogen) atoms. The molecule has 3 aromatic rings. The minimum absolute atomic E-state index is 0. The van der Waals surface area contributed by atoms with Crippen LogP contribution >= 0.6 is 35.3 Å². The Hall–Kier alpha value is -1.88. The lowest BCUT2D eigenvalue weighted by Gasteiger charge is -2.10. The first-order valence-corrected chi connectivity index (χ1v) is 9.23. The van der Waals surface area contributed by atoms with Crippen LogP contribution in [0.15, 0.2) is 45.3 Å². The lowest BCUT2D eigenvalue weighted by Crippen LogP contribution is -2.38. The monoisotopic (exact) mass is 486 g/mol. The predicted octanol–water partition coefficient (Wildman–Crippen LogP) is 3.08. The fourth-order valence-corrected chi connectivity index (χ4v) is 3.00. The summed E-state index contributed by atoms with van der Waals surface area (Å²) in [5.41, 5.74) is 0. The van der Waals surface area contributed by atoms with Crippen molar-refractivity contribution in [2.45, 2.75) is 19.8 Å². The first-order valence-electron chi connectivity index (χ1n) is 8.35. The summed E-state index contributed by atoms with van der Waals surface area (Å²) in [6.07, 6.45) is 3.30. The summed E-state index contributed by atoms with van der Waals surface area (Å²) in [6, 6.07) is 7.87. The number of H-pyrrole nitrogens is 1. The number of rotatable bonds is 8. The second kappa shape index (κ2) is 11.0. The van der Waals surface area contributed by atoms with E-state index in [0.717, 1.165) is 44.3 Å². The standard InChI is InChI=1S/C17H22N6OS.HI/c1-2-18-17(19-9-7-13-5-4-12-25-13)20-10-8-15-21-16(23-22-15)14-6-3-11-24-14;/h3-6,11-12H,2,7-10H2,1H3,(H2,18,19,20)(H,21,22,23);1H. The number of halogens is 1. The molecule has 0 fully saturated rings. The van der Waals surface area contributed by atoms with Gasteiger partial charge in [0.1, 0.15) is 5.82 Å². The zero-order valence-corrected chi connectivity index (χ0v) is 17.7. The molecule has 0 bridgehead atoms. The maximum absolute atomic E-state index is 5.29. The van der Waals surface area contributed by atoms with E-state index in [9.17, 15) is 0 Å². The van der Waals surface area contributed by atoms with Crippen LogP contribution in [-0.4, -0.2) is 40.8 Å². The second-order valence-electron chi connectivity index (χ2n) is 5.35. The zero-order chi connectivity index (χ0) is 17.3. The number of hydrogen-bond acceptors (Lipinski definition) is 5. The molecular formula is C17H23IN6OS. The van der Waals surface area contributed by atoms with E-state index < -0.39 is 0 Å². The van der Waals surface area contributed by atoms with E-state index in [1.807, 2.05) is 12.1 Å². The number of guanidine groups is 1. The molecule has 0 unspecified atom stereocenters. The highest BCUT2D eigenvalue weighted by molar-refractivity contribution is 14.0. The highest BCUT2D eigenvalue weighted by atomic mass is 127. The molecule has 3 N–H and O–H groups in total. The van der Waals surface area contributed by atoms with Crippen LogP contribution in [0.5, 0.6) is 0 Å². The molecule has 0 atom stereocenters. The van der Waals surface area contributed by atoms with Crippen LogP contribution in [0.3, 0.4) is 0 Å². The Bertz CT molecular complexity index is 769. The maximum Gasteiger partial charge on any atom is 0.216 e. The van der Waals surface area contributed by atoms with Crippen LogP contribution in [0.25, 0.3) is 11.6 Å². The first-order chi connectivity index (χ1) is 12.3. The van der Waals surface area contributed by atoms with Gasteiger partial charge in [0.05, 0.1) is 6.26 Å². The van der Waals surface area contributed by atoms with Crippen molar-refractivity contribution in [2.75, 3.05) is 19.6 Å². The smallest absolute Gasteiger partial charge is 0.216 e. The summed E-state index contributed by atoms with van der Waals surface area (Å²) < 4.78 is 5.29. The number of furan rings is 1. The molecule has 0 saturated carbocycles. The Morgan fingerprint density at radius 2 is 2.19 bits per heavy atom. The van der Waals surface area contributed by atoms with Gasteiger partial charge in [0.25, 0.3) is 0 Å². The molecule has 140 valence electrons. The Morgan fingerprint density at radius 3 is 2.92 bits per heavy atom. The van der Waals surface area contributed by atoms with Gasteiger partial charge in [-0.2, -0.15) is 5.10 Å². The number of nitrogens with zero attached hydrogens (tertiary/aromatic N) is 3. The molecule has 3 aromatic heterocycles. The van der Waals surface area contributed by atoms with Gasteiger partial charge in [0.2, 0.25) is 5.82 Å². The number of hydrogen-bond donors (Lipinski definition) is 3. The van der Waals surface area contributed by atoms with Crippen molar-refractivity contribution in [2.24, 2.45) is 4.99 Å². The fraction of sp³-hybridized carbons (Fsp3) is 0.353. The van der Waals surface area contributed by atoms with Crippen LogP contribution in [0.1, 0.15) is 17.6 Å². The lowest BCUT2D eigenvalue weighted by atomic mass is 10.3. The van der Waals surface area contributed by atoms with E-state index in [4.69, 9.17) is 4.42 Å². The van der Waals surface area contributed by atoms with Gasteiger partial charge in [-0.15, -0.1) is 35.3 Å². The molecule has 0 aliphatic carbocycles. The molecular weight excluding hydrogens is 463 g/mol. The Morgan fingerprint density at radius 1 is 1.27 bits per heavy atom. The summed E-state index contributed by atoms with van der Waals surface area (Å²) in [4.78, 5) is 10.4. The highest BCUT2D eigenvalue weighted by Gasteiger charge is 2.08. The molecule has 7 nitrogen and oxygen atoms in total. The summed E-state index contributed by atoms with van der Waals surface area (Å²) in [7, 11) is 0. The van der Waals surface area contributed by atoms with Gasteiger partial charge in [-0.3, -0.25) is 10.1 Å². The van der Waals surface area contributed by atoms with E-state index in [-0.39, 0.29) is 24.0 Å². The summed E-state index contributed by atoms with van der Waals surface area (Å²) in [6.45, 7) is 4.37. The van der Waals surface area contributed by atoms with Crippen molar-refractivity contribution >= 4 is 41.3 Å². The summed E-state index contributed by atoms with van der Waals surface area (Å²) >= 11 is 1.77. The fourth-order valence-electron chi connectivity index (χ4n) is 2.30. The number of aliphatic imine (C=N–C) groups is 1. The minimum Gasteiger partial charge on any atom is -0.461 e. The zero-order valence-electron chi connectivity index (χ0n) is 14.6. The maximum atomic E-state index is 5.29. The van der Waals surface area contributed by atoms with Gasteiger partial charge >= 0.3 is 0 Å². The molecule has 3 rings (SSSR count). The number of aromatic amines is 1. The third kappa shape index (κ3) is 6.13. The third-order valence-corrected chi connectivity index (χ3v) is 4.42. The second-order valence-corrected chi connectivity index (χ2v) is 6.38. The van der Waals surface area contributed by atoms with E-state index in [1.165, 1.54) is 4.88 Å². The molecule has 9 heteroatoms. The van der Waals surface area contributed by atoms with E-state index in [0.29, 0.717) is 11.6 Å². The molecule has 0 aliphatic rings. The quantitative estimate of drug-likeness (QED) is 0.259. The molecule has 0 saturated heterocycles. The van der Waals surface area contributed by atoms with Gasteiger partial charge in [-0.1, -0.05) is 6.07 Å². The van der Waals surface area contributed by atoms with Crippen molar-refractivity contribution in [1.29, 1.82) is 0 Å². The third-order valence-electron chi connectivity index (χ3n) is 3.48. The molecule has 0 aliphatic heterocycles. The first kappa shape index (κ1) is 20.4. The van der Waals surface area contributed by atoms with Crippen molar-refractivity contribution in [3.05, 3.63) is 46.6 Å². The Balaban J connectivity index is 0.00000243. The van der Waals surface area contributed by atoms with Gasteiger partial charge in [-0.25, -0.2) is 4.98 Å². The van der Waals surface area contributed by atoms with Crippen molar-refractivity contribution in [3.63, 3.8) is 0 Å². The average Bonchev–Trinajstić information content (AvgIpc) is 3.37. The predicted molar refractivity (Wildman–Crippen MR) is 115 cm³/mol. The van der Waals surface area contributed by atoms with Gasteiger partial charge in [0, 0.05) is 37.4 Å². The molecule has 3 heterocycles. The number of nitrogens with one attached hydrogen (secondary N) is 3. The van der Waals surface area contributed by atoms with Crippen LogP contribution in [0.4, 0.5) is 0 Å². The van der Waals surface area contributed by atoms with Crippen molar-refractivity contribution < 1.29 is 4.42 Å². The van der Waals surface area contributed by atoms with E-state index >= 15 is 0 Å². The Labute approximate surface area is 173 Å². The van der Waals surface area contributed by atoms with E-state index in [1.54, 1.807) is 17.6 Å². The summed E-state index contributed by atoms with van der Waals surface area (Å²) in [5.74, 6) is 2.88. The van der Waals surface area contributed by atoms with Gasteiger partial charge in [0.15, 0.2) is 11.7 Å². The number of thiophene rings is 1. The van der Waals surface area contributed by atoms with Crippen molar-refractivity contribution in [3.8, 4) is 11.6 Å². The van der Waals surface area contributed by atoms with Crippen molar-refractivity contribution in [1.82, 2.24) is 25.8 Å².